The average molecular weight is 362 g/mol. The minimum absolute atomic E-state index is 0.461. The quantitative estimate of drug-likeness (QED) is 0.648. The summed E-state index contributed by atoms with van der Waals surface area (Å²) in [6, 6.07) is 6.25. The van der Waals surface area contributed by atoms with Crippen LogP contribution in [-0.4, -0.2) is 7.11 Å². The van der Waals surface area contributed by atoms with Gasteiger partial charge in [0.25, 0.3) is 0 Å². The van der Waals surface area contributed by atoms with E-state index in [1.807, 2.05) is 12.1 Å². The van der Waals surface area contributed by atoms with Crippen molar-refractivity contribution in [1.29, 1.82) is 0 Å². The van der Waals surface area contributed by atoms with Gasteiger partial charge in [0.05, 0.1) is 7.11 Å². The maximum Gasteiger partial charge on any atom is 0.120 e. The molecule has 0 aromatic heterocycles. The molecule has 1 saturated carbocycles. The second-order valence-electron chi connectivity index (χ2n) is 4.69. The summed E-state index contributed by atoms with van der Waals surface area (Å²) < 4.78 is 6.37. The monoisotopic (exact) mass is 360 g/mol. The van der Waals surface area contributed by atoms with Gasteiger partial charge in [0.2, 0.25) is 0 Å². The van der Waals surface area contributed by atoms with Crippen LogP contribution in [0.15, 0.2) is 22.7 Å². The van der Waals surface area contributed by atoms with Gasteiger partial charge in [-0.05, 0) is 36.5 Å². The largest absolute Gasteiger partial charge is 0.497 e. The van der Waals surface area contributed by atoms with E-state index in [2.05, 4.69) is 37.9 Å². The maximum absolute atomic E-state index is 5.23. The first kappa shape index (κ1) is 13.4. The van der Waals surface area contributed by atoms with Crippen molar-refractivity contribution in [2.75, 3.05) is 7.11 Å². The zero-order chi connectivity index (χ0) is 12.3. The molecule has 0 heterocycles. The van der Waals surface area contributed by atoms with Gasteiger partial charge in [-0.15, -0.1) is 0 Å². The average Bonchev–Trinajstić information content (AvgIpc) is 2.39. The third kappa shape index (κ3) is 3.25. The van der Waals surface area contributed by atoms with Crippen LogP contribution in [0.1, 0.15) is 42.5 Å². The Hall–Kier alpha value is -0.0200. The maximum atomic E-state index is 5.23. The van der Waals surface area contributed by atoms with Gasteiger partial charge < -0.3 is 4.74 Å². The Morgan fingerprint density at radius 3 is 2.53 bits per heavy atom. The third-order valence-corrected chi connectivity index (χ3v) is 5.50. The first-order valence-electron chi connectivity index (χ1n) is 6.20. The number of benzene rings is 1. The van der Waals surface area contributed by atoms with E-state index in [1.54, 1.807) is 7.11 Å². The van der Waals surface area contributed by atoms with Gasteiger partial charge >= 0.3 is 0 Å². The molecule has 1 nitrogen and oxygen atoms in total. The molecule has 1 aromatic carbocycles. The lowest BCUT2D eigenvalue weighted by molar-refractivity contribution is 0.354. The Kier molecular flexibility index (Phi) is 4.92. The van der Waals surface area contributed by atoms with Crippen molar-refractivity contribution in [3.05, 3.63) is 28.2 Å². The van der Waals surface area contributed by atoms with E-state index < -0.39 is 0 Å². The van der Waals surface area contributed by atoms with E-state index in [0.29, 0.717) is 4.83 Å². The smallest absolute Gasteiger partial charge is 0.120 e. The lowest BCUT2D eigenvalue weighted by atomic mass is 9.85. The van der Waals surface area contributed by atoms with Crippen molar-refractivity contribution in [3.63, 3.8) is 0 Å². The van der Waals surface area contributed by atoms with Crippen molar-refractivity contribution in [2.24, 2.45) is 5.92 Å². The summed E-state index contributed by atoms with van der Waals surface area (Å²) in [5.74, 6) is 1.68. The molecule has 0 amide bonds. The highest BCUT2D eigenvalue weighted by Gasteiger charge is 2.24. The first-order chi connectivity index (χ1) is 8.22. The zero-order valence-electron chi connectivity index (χ0n) is 10.1. The highest BCUT2D eigenvalue weighted by molar-refractivity contribution is 9.11. The summed E-state index contributed by atoms with van der Waals surface area (Å²) in [7, 11) is 1.70. The van der Waals surface area contributed by atoms with Crippen LogP contribution in [0, 0.1) is 5.92 Å². The molecular formula is C14H18Br2O. The van der Waals surface area contributed by atoms with Gasteiger partial charge in [0, 0.05) is 9.30 Å². The fraction of sp³-hybridized carbons (Fsp3) is 0.571. The van der Waals surface area contributed by atoms with Gasteiger partial charge in [0.15, 0.2) is 0 Å². The van der Waals surface area contributed by atoms with Crippen LogP contribution in [0.25, 0.3) is 0 Å². The predicted octanol–water partition coefficient (Wildman–Crippen LogP) is 5.47. The Bertz CT molecular complexity index is 372. The van der Waals surface area contributed by atoms with Gasteiger partial charge in [-0.3, -0.25) is 0 Å². The molecule has 94 valence electrons. The zero-order valence-corrected chi connectivity index (χ0v) is 13.3. The summed E-state index contributed by atoms with van der Waals surface area (Å²) in [5, 5.41) is 0. The number of hydrogen-bond donors (Lipinski definition) is 0. The molecule has 3 heteroatoms. The fourth-order valence-electron chi connectivity index (χ4n) is 2.54. The number of ether oxygens (including phenoxy) is 1. The minimum Gasteiger partial charge on any atom is -0.497 e. The molecule has 1 atom stereocenters. The molecule has 0 aliphatic heterocycles. The van der Waals surface area contributed by atoms with Crippen molar-refractivity contribution in [1.82, 2.24) is 0 Å². The number of rotatable bonds is 3. The molecule has 0 N–H and O–H groups in total. The van der Waals surface area contributed by atoms with Crippen LogP contribution in [0.3, 0.4) is 0 Å². The topological polar surface area (TPSA) is 9.23 Å². The van der Waals surface area contributed by atoms with Crippen LogP contribution in [0.4, 0.5) is 0 Å². The Balaban J connectivity index is 2.15. The molecule has 1 aromatic rings. The molecule has 0 bridgehead atoms. The predicted molar refractivity (Wildman–Crippen MR) is 78.9 cm³/mol. The molecule has 17 heavy (non-hydrogen) atoms. The SMILES string of the molecule is COc1ccc(C(Br)C2CCCCC2)c(Br)c1. The summed E-state index contributed by atoms with van der Waals surface area (Å²) in [5.41, 5.74) is 1.35. The second-order valence-corrected chi connectivity index (χ2v) is 6.53. The number of hydrogen-bond acceptors (Lipinski definition) is 1. The lowest BCUT2D eigenvalue weighted by Gasteiger charge is -2.27. The van der Waals surface area contributed by atoms with Crippen LogP contribution < -0.4 is 4.74 Å². The molecule has 2 rings (SSSR count). The Morgan fingerprint density at radius 2 is 1.94 bits per heavy atom. The Labute approximate surface area is 120 Å². The molecule has 1 unspecified atom stereocenters. The van der Waals surface area contributed by atoms with Crippen molar-refractivity contribution in [2.45, 2.75) is 36.9 Å². The van der Waals surface area contributed by atoms with E-state index in [0.717, 1.165) is 16.1 Å². The molecule has 1 aliphatic rings. The summed E-state index contributed by atoms with van der Waals surface area (Å²) in [6.45, 7) is 0. The molecule has 1 fully saturated rings. The summed E-state index contributed by atoms with van der Waals surface area (Å²) in [4.78, 5) is 0.461. The normalized spacial score (nSPS) is 19.0. The molecule has 0 saturated heterocycles. The van der Waals surface area contributed by atoms with E-state index in [9.17, 15) is 0 Å². The second kappa shape index (κ2) is 6.24. The standard InChI is InChI=1S/C14H18Br2O/c1-17-11-7-8-12(13(15)9-11)14(16)10-5-3-2-4-6-10/h7-10,14H,2-6H2,1H3. The van der Waals surface area contributed by atoms with E-state index >= 15 is 0 Å². The fourth-order valence-corrected chi connectivity index (χ4v) is 4.38. The van der Waals surface area contributed by atoms with E-state index in [-0.39, 0.29) is 0 Å². The van der Waals surface area contributed by atoms with Crippen LogP contribution in [0.5, 0.6) is 5.75 Å². The lowest BCUT2D eigenvalue weighted by Crippen LogP contribution is -2.12. The highest BCUT2D eigenvalue weighted by atomic mass is 79.9. The number of halogens is 2. The van der Waals surface area contributed by atoms with E-state index in [1.165, 1.54) is 37.7 Å². The molecule has 0 spiro atoms. The van der Waals surface area contributed by atoms with Crippen LogP contribution >= 0.6 is 31.9 Å². The Morgan fingerprint density at radius 1 is 1.24 bits per heavy atom. The van der Waals surface area contributed by atoms with Crippen molar-refractivity contribution < 1.29 is 4.74 Å². The van der Waals surface area contributed by atoms with Gasteiger partial charge in [-0.25, -0.2) is 0 Å². The van der Waals surface area contributed by atoms with Crippen LogP contribution in [-0.2, 0) is 0 Å². The van der Waals surface area contributed by atoms with Crippen molar-refractivity contribution >= 4 is 31.9 Å². The number of alkyl halides is 1. The van der Waals surface area contributed by atoms with Gasteiger partial charge in [-0.2, -0.15) is 0 Å². The van der Waals surface area contributed by atoms with Gasteiger partial charge in [-0.1, -0.05) is 57.2 Å². The van der Waals surface area contributed by atoms with Gasteiger partial charge in [0.1, 0.15) is 5.75 Å². The summed E-state index contributed by atoms with van der Waals surface area (Å²) >= 11 is 7.52. The molecular weight excluding hydrogens is 344 g/mol. The molecule has 1 aliphatic carbocycles. The number of methoxy groups -OCH3 is 1. The highest BCUT2D eigenvalue weighted by Crippen LogP contribution is 2.43. The summed E-state index contributed by atoms with van der Waals surface area (Å²) in [6.07, 6.45) is 6.84. The first-order valence-corrected chi connectivity index (χ1v) is 7.90. The molecule has 0 radical (unpaired) electrons. The van der Waals surface area contributed by atoms with E-state index in [4.69, 9.17) is 4.74 Å². The van der Waals surface area contributed by atoms with Crippen LogP contribution in [0.2, 0.25) is 0 Å². The minimum atomic E-state index is 0.461. The third-order valence-electron chi connectivity index (χ3n) is 3.57. The van der Waals surface area contributed by atoms with Crippen molar-refractivity contribution in [3.8, 4) is 5.75 Å².